The Kier molecular flexibility index (Phi) is 6.90. The minimum Gasteiger partial charge on any atom is -0.497 e. The van der Waals surface area contributed by atoms with Gasteiger partial charge in [-0.3, -0.25) is 9.69 Å². The van der Waals surface area contributed by atoms with Crippen molar-refractivity contribution in [1.29, 1.82) is 0 Å². The maximum Gasteiger partial charge on any atom is 0.253 e. The normalized spacial score (nSPS) is 15.5. The average molecular weight is 473 g/mol. The van der Waals surface area contributed by atoms with E-state index in [0.717, 1.165) is 36.1 Å². The number of pyridine rings is 1. The fraction of sp³-hybridized carbons (Fsp3) is 0.407. The van der Waals surface area contributed by atoms with Crippen molar-refractivity contribution in [3.63, 3.8) is 0 Å². The Hall–Kier alpha value is -3.52. The molecule has 2 heterocycles. The third-order valence-electron chi connectivity index (χ3n) is 7.06. The average Bonchev–Trinajstić information content (AvgIpc) is 3.38. The summed E-state index contributed by atoms with van der Waals surface area (Å²) >= 11 is 0. The molecule has 2 aromatic heterocycles. The zero-order chi connectivity index (χ0) is 24.2. The Balaban J connectivity index is 1.64. The lowest BCUT2D eigenvalue weighted by Crippen LogP contribution is -2.35. The fourth-order valence-corrected chi connectivity index (χ4v) is 5.20. The molecule has 0 unspecified atom stereocenters. The molecular formula is C27H32N6O2. The highest BCUT2D eigenvalue weighted by Crippen LogP contribution is 2.33. The third-order valence-corrected chi connectivity index (χ3v) is 7.06. The van der Waals surface area contributed by atoms with Crippen molar-refractivity contribution in [3.8, 4) is 5.75 Å². The van der Waals surface area contributed by atoms with Crippen LogP contribution in [0.15, 0.2) is 59.4 Å². The number of H-pyrrole nitrogens is 1. The summed E-state index contributed by atoms with van der Waals surface area (Å²) < 4.78 is 7.32. The molecule has 0 bridgehead atoms. The van der Waals surface area contributed by atoms with Crippen molar-refractivity contribution in [3.05, 3.63) is 81.9 Å². The van der Waals surface area contributed by atoms with Crippen molar-refractivity contribution in [2.24, 2.45) is 0 Å². The Bertz CT molecular complexity index is 1330. The van der Waals surface area contributed by atoms with Gasteiger partial charge in [0, 0.05) is 18.2 Å². The first-order valence-electron chi connectivity index (χ1n) is 12.4. The van der Waals surface area contributed by atoms with Crippen molar-refractivity contribution in [2.45, 2.75) is 57.7 Å². The highest BCUT2D eigenvalue weighted by Gasteiger charge is 2.32. The van der Waals surface area contributed by atoms with Gasteiger partial charge in [0.05, 0.1) is 18.7 Å². The van der Waals surface area contributed by atoms with Crippen LogP contribution in [0.2, 0.25) is 0 Å². The number of hydrogen-bond acceptors (Lipinski definition) is 6. The number of aromatic amines is 1. The van der Waals surface area contributed by atoms with Gasteiger partial charge in [0.2, 0.25) is 0 Å². The first-order valence-corrected chi connectivity index (χ1v) is 12.4. The van der Waals surface area contributed by atoms with Gasteiger partial charge >= 0.3 is 0 Å². The summed E-state index contributed by atoms with van der Waals surface area (Å²) in [5.74, 6) is 1.44. The SMILES string of the molecule is CCN(Cc1ccccc1)[C@@H](c1cc2ccc(OC)cc2[nH]c1=O)c1nnnn1C1CCCCC1. The topological polar surface area (TPSA) is 88.9 Å². The molecule has 8 nitrogen and oxygen atoms in total. The largest absolute Gasteiger partial charge is 0.497 e. The van der Waals surface area contributed by atoms with E-state index in [1.807, 2.05) is 47.1 Å². The zero-order valence-electron chi connectivity index (χ0n) is 20.4. The molecule has 1 saturated carbocycles. The summed E-state index contributed by atoms with van der Waals surface area (Å²) in [6.07, 6.45) is 5.72. The Labute approximate surface area is 204 Å². The monoisotopic (exact) mass is 472 g/mol. The van der Waals surface area contributed by atoms with Gasteiger partial charge in [-0.1, -0.05) is 56.5 Å². The molecule has 1 atom stereocenters. The smallest absolute Gasteiger partial charge is 0.253 e. The number of nitrogens with one attached hydrogen (secondary N) is 1. The van der Waals surface area contributed by atoms with E-state index in [9.17, 15) is 4.79 Å². The quantitative estimate of drug-likeness (QED) is 0.402. The molecule has 0 aliphatic heterocycles. The van der Waals surface area contributed by atoms with Crippen molar-refractivity contribution in [2.75, 3.05) is 13.7 Å². The van der Waals surface area contributed by atoms with Crippen LogP contribution in [0, 0.1) is 0 Å². The number of ether oxygens (including phenoxy) is 1. The molecule has 0 saturated heterocycles. The molecule has 35 heavy (non-hydrogen) atoms. The van der Waals surface area contributed by atoms with Crippen LogP contribution in [0.4, 0.5) is 0 Å². The maximum absolute atomic E-state index is 13.5. The molecule has 182 valence electrons. The lowest BCUT2D eigenvalue weighted by atomic mass is 9.95. The van der Waals surface area contributed by atoms with E-state index < -0.39 is 0 Å². The summed E-state index contributed by atoms with van der Waals surface area (Å²) in [5.41, 5.74) is 2.43. The summed E-state index contributed by atoms with van der Waals surface area (Å²) in [6.45, 7) is 3.53. The number of tetrazole rings is 1. The second-order valence-corrected chi connectivity index (χ2v) is 9.23. The molecule has 0 radical (unpaired) electrons. The van der Waals surface area contributed by atoms with E-state index in [1.54, 1.807) is 7.11 Å². The predicted molar refractivity (Wildman–Crippen MR) is 135 cm³/mol. The Morgan fingerprint density at radius 2 is 1.91 bits per heavy atom. The first kappa shape index (κ1) is 23.2. The van der Waals surface area contributed by atoms with E-state index >= 15 is 0 Å². The predicted octanol–water partition coefficient (Wildman–Crippen LogP) is 4.64. The van der Waals surface area contributed by atoms with Crippen molar-refractivity contribution in [1.82, 2.24) is 30.1 Å². The number of fused-ring (bicyclic) bond motifs is 1. The van der Waals surface area contributed by atoms with Crippen LogP contribution < -0.4 is 10.3 Å². The molecule has 5 rings (SSSR count). The molecule has 0 spiro atoms. The van der Waals surface area contributed by atoms with Crippen LogP contribution in [-0.4, -0.2) is 43.7 Å². The fourth-order valence-electron chi connectivity index (χ4n) is 5.20. The highest BCUT2D eigenvalue weighted by molar-refractivity contribution is 5.80. The number of rotatable bonds is 8. The molecule has 8 heteroatoms. The summed E-state index contributed by atoms with van der Waals surface area (Å²) in [6, 6.07) is 17.9. The minimum atomic E-state index is -0.382. The molecule has 4 aromatic rings. The van der Waals surface area contributed by atoms with Crippen LogP contribution >= 0.6 is 0 Å². The van der Waals surface area contributed by atoms with Gasteiger partial charge in [-0.25, -0.2) is 4.68 Å². The van der Waals surface area contributed by atoms with Crippen LogP contribution in [-0.2, 0) is 6.54 Å². The van der Waals surface area contributed by atoms with Crippen molar-refractivity contribution < 1.29 is 4.74 Å². The summed E-state index contributed by atoms with van der Waals surface area (Å²) in [4.78, 5) is 18.9. The minimum absolute atomic E-state index is 0.138. The summed E-state index contributed by atoms with van der Waals surface area (Å²) in [7, 11) is 1.62. The third kappa shape index (κ3) is 4.84. The molecule has 1 N–H and O–H groups in total. The number of benzene rings is 2. The van der Waals surface area contributed by atoms with E-state index in [0.29, 0.717) is 17.9 Å². The first-order chi connectivity index (χ1) is 17.2. The van der Waals surface area contributed by atoms with E-state index in [-0.39, 0.29) is 17.6 Å². The molecule has 1 aliphatic carbocycles. The number of hydrogen-bond donors (Lipinski definition) is 1. The highest BCUT2D eigenvalue weighted by atomic mass is 16.5. The zero-order valence-corrected chi connectivity index (χ0v) is 20.4. The van der Waals surface area contributed by atoms with Crippen molar-refractivity contribution >= 4 is 10.9 Å². The lowest BCUT2D eigenvalue weighted by Gasteiger charge is -2.32. The molecule has 1 aliphatic rings. The molecule has 1 fully saturated rings. The van der Waals surface area contributed by atoms with Crippen LogP contribution in [0.3, 0.4) is 0 Å². The summed E-state index contributed by atoms with van der Waals surface area (Å²) in [5, 5.41) is 14.0. The van der Waals surface area contributed by atoms with Crippen LogP contribution in [0.25, 0.3) is 10.9 Å². The van der Waals surface area contributed by atoms with E-state index in [4.69, 9.17) is 4.74 Å². The molecule has 2 aromatic carbocycles. The van der Waals surface area contributed by atoms with Gasteiger partial charge in [-0.15, -0.1) is 5.10 Å². The Morgan fingerprint density at radius 3 is 2.66 bits per heavy atom. The second-order valence-electron chi connectivity index (χ2n) is 9.23. The second kappa shape index (κ2) is 10.4. The number of aromatic nitrogens is 5. The van der Waals surface area contributed by atoms with Gasteiger partial charge in [-0.2, -0.15) is 0 Å². The molecular weight excluding hydrogens is 440 g/mol. The standard InChI is InChI=1S/C27H32N6O2/c1-3-32(18-19-10-6-4-7-11-19)25(26-29-30-31-33(26)21-12-8-5-9-13-21)23-16-20-14-15-22(35-2)17-24(20)28-27(23)34/h4,6-7,10-11,14-17,21,25H,3,5,8-9,12-13,18H2,1-2H3,(H,28,34)/t25-/m0/s1. The van der Waals surface area contributed by atoms with Gasteiger partial charge in [0.1, 0.15) is 11.8 Å². The maximum atomic E-state index is 13.5. The number of methoxy groups -OCH3 is 1. The molecule has 0 amide bonds. The van der Waals surface area contributed by atoms with Crippen LogP contribution in [0.5, 0.6) is 5.75 Å². The van der Waals surface area contributed by atoms with Gasteiger partial charge < -0.3 is 9.72 Å². The van der Waals surface area contributed by atoms with E-state index in [1.165, 1.54) is 24.8 Å². The van der Waals surface area contributed by atoms with Gasteiger partial charge in [0.25, 0.3) is 5.56 Å². The Morgan fingerprint density at radius 1 is 1.11 bits per heavy atom. The van der Waals surface area contributed by atoms with Gasteiger partial charge in [-0.05, 0) is 59.0 Å². The number of nitrogens with zero attached hydrogens (tertiary/aromatic N) is 5. The lowest BCUT2D eigenvalue weighted by molar-refractivity contribution is 0.204. The van der Waals surface area contributed by atoms with Crippen LogP contribution in [0.1, 0.15) is 68.1 Å². The van der Waals surface area contributed by atoms with E-state index in [2.05, 4.69) is 44.5 Å². The van der Waals surface area contributed by atoms with Gasteiger partial charge in [0.15, 0.2) is 5.82 Å².